The van der Waals surface area contributed by atoms with E-state index in [0.717, 1.165) is 50.0 Å². The normalized spacial score (nSPS) is 17.1. The Kier molecular flexibility index (Phi) is 5.70. The molecule has 0 bridgehead atoms. The van der Waals surface area contributed by atoms with Crippen LogP contribution in [0.5, 0.6) is 0 Å². The Morgan fingerprint density at radius 2 is 2.22 bits per heavy atom. The summed E-state index contributed by atoms with van der Waals surface area (Å²) in [4.78, 5) is 15.5. The molecule has 4 heteroatoms. The van der Waals surface area contributed by atoms with Gasteiger partial charge in [0.05, 0.1) is 0 Å². The minimum atomic E-state index is 0.347. The van der Waals surface area contributed by atoms with Crippen molar-refractivity contribution in [1.82, 2.24) is 4.90 Å². The molecule has 1 saturated heterocycles. The highest BCUT2D eigenvalue weighted by atomic mass is 79.9. The van der Waals surface area contributed by atoms with Crippen molar-refractivity contribution in [2.75, 3.05) is 18.4 Å². The van der Waals surface area contributed by atoms with Gasteiger partial charge in [-0.2, -0.15) is 0 Å². The van der Waals surface area contributed by atoms with Gasteiger partial charge >= 0.3 is 0 Å². The van der Waals surface area contributed by atoms with Gasteiger partial charge in [-0.05, 0) is 43.0 Å². The van der Waals surface area contributed by atoms with E-state index in [2.05, 4.69) is 33.4 Å². The maximum absolute atomic E-state index is 12.0. The Balaban J connectivity index is 1.66. The van der Waals surface area contributed by atoms with Crippen LogP contribution < -0.4 is 0 Å². The Hall–Kier alpha value is -0.350. The van der Waals surface area contributed by atoms with E-state index in [1.807, 2.05) is 4.90 Å². The van der Waals surface area contributed by atoms with Gasteiger partial charge in [0.1, 0.15) is 0 Å². The molecule has 1 fully saturated rings. The van der Waals surface area contributed by atoms with Crippen molar-refractivity contribution in [3.05, 3.63) is 22.4 Å². The zero-order valence-corrected chi connectivity index (χ0v) is 13.0. The van der Waals surface area contributed by atoms with E-state index in [1.165, 1.54) is 4.88 Å². The van der Waals surface area contributed by atoms with Gasteiger partial charge in [0.15, 0.2) is 0 Å². The molecule has 18 heavy (non-hydrogen) atoms. The Bertz CT molecular complexity index is 358. The molecule has 0 radical (unpaired) electrons. The molecular formula is C14H20BrNOS. The number of carbonyl (C=O) groups excluding carboxylic acids is 1. The number of piperidine rings is 1. The number of carbonyl (C=O) groups is 1. The molecule has 1 amide bonds. The number of hydrogen-bond acceptors (Lipinski definition) is 2. The fourth-order valence-corrected chi connectivity index (χ4v) is 3.76. The molecule has 0 unspecified atom stereocenters. The summed E-state index contributed by atoms with van der Waals surface area (Å²) in [7, 11) is 0. The van der Waals surface area contributed by atoms with Crippen LogP contribution >= 0.6 is 27.3 Å². The number of alkyl halides is 1. The van der Waals surface area contributed by atoms with E-state index in [9.17, 15) is 4.79 Å². The maximum Gasteiger partial charge on any atom is 0.222 e. The largest absolute Gasteiger partial charge is 0.343 e. The molecule has 2 nitrogen and oxygen atoms in total. The lowest BCUT2D eigenvalue weighted by Crippen LogP contribution is -2.38. The predicted octanol–water partition coefficient (Wildman–Crippen LogP) is 3.70. The molecular weight excluding hydrogens is 310 g/mol. The average Bonchev–Trinajstić information content (AvgIpc) is 2.92. The van der Waals surface area contributed by atoms with Gasteiger partial charge in [0.2, 0.25) is 5.91 Å². The molecule has 2 heterocycles. The van der Waals surface area contributed by atoms with Crippen molar-refractivity contribution >= 4 is 33.2 Å². The quantitative estimate of drug-likeness (QED) is 0.754. The van der Waals surface area contributed by atoms with Crippen LogP contribution in [0.2, 0.25) is 0 Å². The van der Waals surface area contributed by atoms with Crippen molar-refractivity contribution in [1.29, 1.82) is 0 Å². The lowest BCUT2D eigenvalue weighted by atomic mass is 9.99. The van der Waals surface area contributed by atoms with Gasteiger partial charge in [0.25, 0.3) is 0 Å². The average molecular weight is 330 g/mol. The lowest BCUT2D eigenvalue weighted by molar-refractivity contribution is -0.132. The summed E-state index contributed by atoms with van der Waals surface area (Å²) < 4.78 is 0. The number of halogens is 1. The summed E-state index contributed by atoms with van der Waals surface area (Å²) in [5.41, 5.74) is 0. The minimum absolute atomic E-state index is 0.347. The number of aryl methyl sites for hydroxylation is 1. The van der Waals surface area contributed by atoms with Crippen LogP contribution in [0.3, 0.4) is 0 Å². The maximum atomic E-state index is 12.0. The molecule has 1 aliphatic rings. The highest BCUT2D eigenvalue weighted by Gasteiger charge is 2.21. The van der Waals surface area contributed by atoms with Gasteiger partial charge in [-0.1, -0.05) is 22.0 Å². The van der Waals surface area contributed by atoms with Crippen molar-refractivity contribution in [2.45, 2.75) is 32.1 Å². The van der Waals surface area contributed by atoms with E-state index in [0.29, 0.717) is 12.3 Å². The summed E-state index contributed by atoms with van der Waals surface area (Å²) in [6.45, 7) is 1.90. The van der Waals surface area contributed by atoms with Crippen LogP contribution in [0.1, 0.15) is 30.6 Å². The third-order valence-electron chi connectivity index (χ3n) is 3.58. The van der Waals surface area contributed by atoms with Crippen LogP contribution in [0, 0.1) is 5.92 Å². The topological polar surface area (TPSA) is 20.3 Å². The Labute approximate surface area is 122 Å². The van der Waals surface area contributed by atoms with E-state index < -0.39 is 0 Å². The Morgan fingerprint density at radius 3 is 2.83 bits per heavy atom. The standard InChI is InChI=1S/C14H20BrNOS/c15-11-12-6-8-16(9-7-12)14(17)5-1-3-13-4-2-10-18-13/h2,4,10,12H,1,3,5-9,11H2. The second-order valence-electron chi connectivity index (χ2n) is 4.91. The first kappa shape index (κ1) is 14.1. The SMILES string of the molecule is O=C(CCCc1cccs1)N1CCC(CBr)CC1. The summed E-state index contributed by atoms with van der Waals surface area (Å²) in [5, 5.41) is 3.18. The van der Waals surface area contributed by atoms with Crippen LogP contribution in [0.4, 0.5) is 0 Å². The van der Waals surface area contributed by atoms with Crippen molar-refractivity contribution in [3.63, 3.8) is 0 Å². The smallest absolute Gasteiger partial charge is 0.222 e. The first-order valence-corrected chi connectivity index (χ1v) is 8.66. The van der Waals surface area contributed by atoms with E-state index in [-0.39, 0.29) is 0 Å². The molecule has 0 atom stereocenters. The fraction of sp³-hybridized carbons (Fsp3) is 0.643. The first-order chi connectivity index (χ1) is 8.79. The number of likely N-dealkylation sites (tertiary alicyclic amines) is 1. The van der Waals surface area contributed by atoms with Crippen LogP contribution in [-0.4, -0.2) is 29.2 Å². The summed E-state index contributed by atoms with van der Waals surface area (Å²) in [5.74, 6) is 1.11. The van der Waals surface area contributed by atoms with Crippen molar-refractivity contribution in [2.24, 2.45) is 5.92 Å². The zero-order chi connectivity index (χ0) is 12.8. The van der Waals surface area contributed by atoms with E-state index >= 15 is 0 Å². The molecule has 0 saturated carbocycles. The highest BCUT2D eigenvalue weighted by Crippen LogP contribution is 2.20. The number of thiophene rings is 1. The predicted molar refractivity (Wildman–Crippen MR) is 80.4 cm³/mol. The number of hydrogen-bond donors (Lipinski definition) is 0. The summed E-state index contributed by atoms with van der Waals surface area (Å²) in [6, 6.07) is 4.23. The zero-order valence-electron chi connectivity index (χ0n) is 10.6. The summed E-state index contributed by atoms with van der Waals surface area (Å²) in [6.07, 6.45) is 5.04. The second kappa shape index (κ2) is 7.29. The number of nitrogens with zero attached hydrogens (tertiary/aromatic N) is 1. The first-order valence-electron chi connectivity index (χ1n) is 6.65. The Morgan fingerprint density at radius 1 is 1.44 bits per heavy atom. The van der Waals surface area contributed by atoms with E-state index in [4.69, 9.17) is 0 Å². The van der Waals surface area contributed by atoms with Gasteiger partial charge in [-0.3, -0.25) is 4.79 Å². The highest BCUT2D eigenvalue weighted by molar-refractivity contribution is 9.09. The monoisotopic (exact) mass is 329 g/mol. The van der Waals surface area contributed by atoms with Gasteiger partial charge < -0.3 is 4.90 Å². The van der Waals surface area contributed by atoms with Gasteiger partial charge in [-0.25, -0.2) is 0 Å². The minimum Gasteiger partial charge on any atom is -0.343 e. The third kappa shape index (κ3) is 4.09. The van der Waals surface area contributed by atoms with Crippen LogP contribution in [-0.2, 0) is 11.2 Å². The van der Waals surface area contributed by atoms with Crippen molar-refractivity contribution in [3.8, 4) is 0 Å². The van der Waals surface area contributed by atoms with Crippen LogP contribution in [0.25, 0.3) is 0 Å². The molecule has 1 aromatic rings. The van der Waals surface area contributed by atoms with Crippen LogP contribution in [0.15, 0.2) is 17.5 Å². The molecule has 1 aliphatic heterocycles. The molecule has 0 aliphatic carbocycles. The lowest BCUT2D eigenvalue weighted by Gasteiger charge is -2.31. The molecule has 0 spiro atoms. The number of amides is 1. The molecule has 100 valence electrons. The van der Waals surface area contributed by atoms with Crippen molar-refractivity contribution < 1.29 is 4.79 Å². The molecule has 1 aromatic heterocycles. The fourth-order valence-electron chi connectivity index (χ4n) is 2.36. The van der Waals surface area contributed by atoms with E-state index in [1.54, 1.807) is 11.3 Å². The molecule has 2 rings (SSSR count). The van der Waals surface area contributed by atoms with Gasteiger partial charge in [-0.15, -0.1) is 11.3 Å². The molecule has 0 aromatic carbocycles. The number of rotatable bonds is 5. The third-order valence-corrected chi connectivity index (χ3v) is 5.43. The second-order valence-corrected chi connectivity index (χ2v) is 6.59. The van der Waals surface area contributed by atoms with Gasteiger partial charge in [0, 0.05) is 29.7 Å². The summed E-state index contributed by atoms with van der Waals surface area (Å²) >= 11 is 5.31. The molecule has 0 N–H and O–H groups in total.